The molecule has 5 heteroatoms. The molecule has 0 aliphatic heterocycles. The van der Waals surface area contributed by atoms with Crippen LogP contribution >= 0.6 is 0 Å². The quantitative estimate of drug-likeness (QED) is 0.722. The third-order valence-electron chi connectivity index (χ3n) is 4.74. The number of aliphatic hydroxyl groups is 1. The molecule has 0 heterocycles. The maximum absolute atomic E-state index is 14.1. The number of aliphatic carboxylic acids is 1. The van der Waals surface area contributed by atoms with Gasteiger partial charge in [0.05, 0.1) is 5.60 Å². The molecule has 0 radical (unpaired) electrons. The van der Waals surface area contributed by atoms with Crippen molar-refractivity contribution in [3.8, 4) is 0 Å². The Kier molecular flexibility index (Phi) is 1.68. The summed E-state index contributed by atoms with van der Waals surface area (Å²) in [5.74, 6) is -5.60. The first-order chi connectivity index (χ1) is 7.29. The molecule has 0 aromatic rings. The number of halogens is 2. The summed E-state index contributed by atoms with van der Waals surface area (Å²) in [6.07, 6.45) is 0.661. The summed E-state index contributed by atoms with van der Waals surface area (Å²) in [6, 6.07) is 0. The van der Waals surface area contributed by atoms with Crippen LogP contribution in [0.4, 0.5) is 8.78 Å². The Labute approximate surface area is 91.5 Å². The van der Waals surface area contributed by atoms with Gasteiger partial charge in [0.2, 0.25) is 0 Å². The van der Waals surface area contributed by atoms with Crippen LogP contribution in [0.2, 0.25) is 0 Å². The summed E-state index contributed by atoms with van der Waals surface area (Å²) in [4.78, 5) is 11.2. The molecular formula is C11H14F2O3. The lowest BCUT2D eigenvalue weighted by molar-refractivity contribution is -0.289. The highest BCUT2D eigenvalue weighted by molar-refractivity contribution is 5.77. The van der Waals surface area contributed by atoms with E-state index in [0.29, 0.717) is 12.8 Å². The molecule has 0 spiro atoms. The van der Waals surface area contributed by atoms with Crippen LogP contribution in [0, 0.1) is 17.3 Å². The van der Waals surface area contributed by atoms with Crippen molar-refractivity contribution in [2.75, 3.05) is 0 Å². The van der Waals surface area contributed by atoms with Gasteiger partial charge in [-0.25, -0.2) is 8.78 Å². The molecule has 4 unspecified atom stereocenters. The molecule has 0 amide bonds. The van der Waals surface area contributed by atoms with Crippen LogP contribution in [-0.2, 0) is 4.79 Å². The van der Waals surface area contributed by atoms with Crippen LogP contribution in [0.5, 0.6) is 0 Å². The van der Waals surface area contributed by atoms with Gasteiger partial charge in [-0.15, -0.1) is 0 Å². The summed E-state index contributed by atoms with van der Waals surface area (Å²) in [5.41, 5.74) is -3.17. The van der Waals surface area contributed by atoms with Gasteiger partial charge in [-0.2, -0.15) is 0 Å². The van der Waals surface area contributed by atoms with Crippen molar-refractivity contribution in [1.82, 2.24) is 0 Å². The third kappa shape index (κ3) is 0.979. The van der Waals surface area contributed by atoms with Crippen molar-refractivity contribution >= 4 is 5.97 Å². The van der Waals surface area contributed by atoms with E-state index in [2.05, 4.69) is 0 Å². The molecule has 0 aromatic heterocycles. The number of carboxylic acid groups (broad SMARTS) is 1. The number of hydrogen-bond donors (Lipinski definition) is 2. The first-order valence-corrected chi connectivity index (χ1v) is 5.63. The monoisotopic (exact) mass is 232 g/mol. The number of alkyl halides is 2. The van der Waals surface area contributed by atoms with E-state index in [9.17, 15) is 18.7 Å². The van der Waals surface area contributed by atoms with E-state index in [0.717, 1.165) is 0 Å². The van der Waals surface area contributed by atoms with Crippen molar-refractivity contribution in [3.63, 3.8) is 0 Å². The first kappa shape index (κ1) is 10.4. The average molecular weight is 232 g/mol. The lowest BCUT2D eigenvalue weighted by Gasteiger charge is -2.61. The topological polar surface area (TPSA) is 57.5 Å². The van der Waals surface area contributed by atoms with E-state index in [1.807, 2.05) is 0 Å². The standard InChI is InChI=1S/C11H14F2O3/c12-11(13)7-1-6-2-9(16,4-7)5-10(11,3-6)8(14)15/h6-7,16H,1-5H2,(H,14,15). The van der Waals surface area contributed by atoms with Gasteiger partial charge in [0.25, 0.3) is 5.92 Å². The fourth-order valence-corrected chi connectivity index (χ4v) is 4.30. The molecule has 4 atom stereocenters. The van der Waals surface area contributed by atoms with Crippen molar-refractivity contribution in [1.29, 1.82) is 0 Å². The van der Waals surface area contributed by atoms with E-state index >= 15 is 0 Å². The second-order valence-electron chi connectivity index (χ2n) is 5.82. The van der Waals surface area contributed by atoms with Crippen LogP contribution in [-0.4, -0.2) is 27.7 Å². The number of rotatable bonds is 1. The fraction of sp³-hybridized carbons (Fsp3) is 0.909. The molecule has 90 valence electrons. The Morgan fingerprint density at radius 2 is 1.94 bits per heavy atom. The van der Waals surface area contributed by atoms with Crippen LogP contribution < -0.4 is 0 Å². The summed E-state index contributed by atoms with van der Waals surface area (Å²) in [6.45, 7) is 0. The van der Waals surface area contributed by atoms with Crippen molar-refractivity contribution in [3.05, 3.63) is 0 Å². The van der Waals surface area contributed by atoms with Crippen LogP contribution in [0.15, 0.2) is 0 Å². The highest BCUT2D eigenvalue weighted by Crippen LogP contribution is 2.67. The molecule has 4 saturated carbocycles. The Morgan fingerprint density at radius 3 is 2.50 bits per heavy atom. The second-order valence-corrected chi connectivity index (χ2v) is 5.82. The average Bonchev–Trinajstić information content (AvgIpc) is 2.11. The highest BCUT2D eigenvalue weighted by Gasteiger charge is 2.74. The minimum atomic E-state index is -3.16. The fourth-order valence-electron chi connectivity index (χ4n) is 4.30. The molecule has 3 nitrogen and oxygen atoms in total. The minimum Gasteiger partial charge on any atom is -0.481 e. The van der Waals surface area contributed by atoms with Gasteiger partial charge < -0.3 is 10.2 Å². The molecule has 2 N–H and O–H groups in total. The Bertz CT molecular complexity index is 370. The van der Waals surface area contributed by atoms with Crippen molar-refractivity contribution in [2.24, 2.45) is 17.3 Å². The maximum atomic E-state index is 14.1. The largest absolute Gasteiger partial charge is 0.481 e. The Hall–Kier alpha value is -0.710. The van der Waals surface area contributed by atoms with Gasteiger partial charge in [-0.3, -0.25) is 4.79 Å². The molecular weight excluding hydrogens is 218 g/mol. The number of carboxylic acids is 1. The molecule has 0 aromatic carbocycles. The predicted molar refractivity (Wildman–Crippen MR) is 50.0 cm³/mol. The summed E-state index contributed by atoms with van der Waals surface area (Å²) in [7, 11) is 0. The molecule has 0 saturated heterocycles. The van der Waals surface area contributed by atoms with Gasteiger partial charge >= 0.3 is 5.97 Å². The first-order valence-electron chi connectivity index (χ1n) is 5.63. The highest BCUT2D eigenvalue weighted by atomic mass is 19.3. The van der Waals surface area contributed by atoms with Crippen molar-refractivity contribution < 1.29 is 23.8 Å². The summed E-state index contributed by atoms with van der Waals surface area (Å²) in [5, 5.41) is 19.3. The lowest BCUT2D eigenvalue weighted by Crippen LogP contribution is -2.68. The third-order valence-corrected chi connectivity index (χ3v) is 4.74. The van der Waals surface area contributed by atoms with E-state index < -0.39 is 28.8 Å². The lowest BCUT2D eigenvalue weighted by atomic mass is 9.46. The Balaban J connectivity index is 2.12. The molecule has 4 rings (SSSR count). The smallest absolute Gasteiger partial charge is 0.315 e. The van der Waals surface area contributed by atoms with Gasteiger partial charge in [-0.05, 0) is 38.0 Å². The minimum absolute atomic E-state index is 0.0220. The van der Waals surface area contributed by atoms with Crippen LogP contribution in [0.1, 0.15) is 32.1 Å². The zero-order valence-electron chi connectivity index (χ0n) is 8.75. The molecule has 4 bridgehead atoms. The second kappa shape index (κ2) is 2.58. The number of carbonyl (C=O) groups is 1. The molecule has 4 aliphatic rings. The Morgan fingerprint density at radius 1 is 1.25 bits per heavy atom. The van der Waals surface area contributed by atoms with E-state index in [1.54, 1.807) is 0 Å². The van der Waals surface area contributed by atoms with E-state index in [4.69, 9.17) is 5.11 Å². The van der Waals surface area contributed by atoms with E-state index in [1.165, 1.54) is 0 Å². The van der Waals surface area contributed by atoms with Gasteiger partial charge in [0.15, 0.2) is 0 Å². The molecule has 16 heavy (non-hydrogen) atoms. The SMILES string of the molecule is O=C(O)C12CC3CC(CC(O)(C3)C1)C2(F)F. The van der Waals surface area contributed by atoms with Crippen molar-refractivity contribution in [2.45, 2.75) is 43.6 Å². The maximum Gasteiger partial charge on any atom is 0.315 e. The predicted octanol–water partition coefficient (Wildman–Crippen LogP) is 1.65. The van der Waals surface area contributed by atoms with E-state index in [-0.39, 0.29) is 25.2 Å². The van der Waals surface area contributed by atoms with Gasteiger partial charge in [0.1, 0.15) is 5.41 Å². The van der Waals surface area contributed by atoms with Gasteiger partial charge in [-0.1, -0.05) is 0 Å². The normalized spacial score (nSPS) is 52.9. The molecule has 4 aliphatic carbocycles. The zero-order chi connectivity index (χ0) is 11.8. The summed E-state index contributed by atoms with van der Waals surface area (Å²) < 4.78 is 28.2. The summed E-state index contributed by atoms with van der Waals surface area (Å²) >= 11 is 0. The zero-order valence-corrected chi connectivity index (χ0v) is 8.75. The van der Waals surface area contributed by atoms with Crippen LogP contribution in [0.3, 0.4) is 0 Å². The molecule has 4 fully saturated rings. The van der Waals surface area contributed by atoms with Crippen LogP contribution in [0.25, 0.3) is 0 Å². The van der Waals surface area contributed by atoms with Gasteiger partial charge in [0, 0.05) is 5.92 Å². The number of hydrogen-bond acceptors (Lipinski definition) is 2.